The molecule has 16 heteroatoms. The van der Waals surface area contributed by atoms with Crippen molar-refractivity contribution < 1.29 is 76.1 Å². The molecule has 0 amide bonds. The molecule has 0 saturated carbocycles. The monoisotopic (exact) mass is 1300 g/mol. The molecule has 512 valence electrons. The van der Waals surface area contributed by atoms with Gasteiger partial charge in [0.05, 0.1) is 14.2 Å². The smallest absolute Gasteiger partial charge is 0.333 e. The largest absolute Gasteiger partial charge is 0.489 e. The summed E-state index contributed by atoms with van der Waals surface area (Å²) >= 11 is 0. The highest BCUT2D eigenvalue weighted by molar-refractivity contribution is 5.92. The summed E-state index contributed by atoms with van der Waals surface area (Å²) in [6.45, 7) is 19.3. The molecule has 16 nitrogen and oxygen atoms in total. The van der Waals surface area contributed by atoms with Crippen molar-refractivity contribution in [1.29, 1.82) is 0 Å². The van der Waals surface area contributed by atoms with Crippen molar-refractivity contribution in [1.82, 2.24) is 0 Å². The number of unbranched alkanes of at least 4 members (excludes halogenated alkanes) is 12. The predicted molar refractivity (Wildman–Crippen MR) is 366 cm³/mol. The van der Waals surface area contributed by atoms with E-state index in [0.29, 0.717) is 48.7 Å². The van der Waals surface area contributed by atoms with E-state index in [1.165, 1.54) is 14.2 Å². The summed E-state index contributed by atoms with van der Waals surface area (Å²) in [5, 5.41) is 0. The van der Waals surface area contributed by atoms with E-state index in [1.807, 2.05) is 0 Å². The molecule has 4 aromatic carbocycles. The van der Waals surface area contributed by atoms with Crippen LogP contribution in [0.2, 0.25) is 0 Å². The molecule has 0 unspecified atom stereocenters. The second-order valence-corrected chi connectivity index (χ2v) is 24.2. The normalized spacial score (nSPS) is 11.8. The van der Waals surface area contributed by atoms with Gasteiger partial charge in [0, 0.05) is 61.1 Å². The number of rotatable bonds is 42. The van der Waals surface area contributed by atoms with Gasteiger partial charge in [-0.3, -0.25) is 0 Å². The fourth-order valence-electron chi connectivity index (χ4n) is 11.4. The van der Waals surface area contributed by atoms with Crippen LogP contribution in [-0.2, 0) is 109 Å². The summed E-state index contributed by atoms with van der Waals surface area (Å²) in [6.07, 6.45) is 25.4. The zero-order chi connectivity index (χ0) is 68.0. The van der Waals surface area contributed by atoms with Gasteiger partial charge < -0.3 is 47.4 Å². The average Bonchev–Trinajstić information content (AvgIpc) is 0.784. The molecule has 0 aromatic heterocycles. The Morgan fingerprint density at radius 3 is 0.766 bits per heavy atom. The molecule has 0 spiro atoms. The zero-order valence-electron chi connectivity index (χ0n) is 57.5. The molecule has 94 heavy (non-hydrogen) atoms. The number of hydrogen-bond donors (Lipinski definition) is 0. The standard InChI is InChI=1S/C78H104O16/c1-11-15-19-23-27-57-43-61-51-65-47-59(29-25-21-17-13-3)49-67(75(65)91-39-41-93-77(83)55(5)6)53-63-45-58(28-24-20-16-12-2)46-64(74(63)90-38-36-88-72(82)34-32-70(80)86-10)54-68-50-60(30-26-22-18-14-4)48-66(76(68)92-40-42-94-78(84)56(7)8)52-62(44-57)73(61)89-37-35-87-71(81)33-31-69(79)85-9/h31-34,43-50H,5,7,11-30,35-42,51-54H2,1-4,6,8-10H3/b33-31+,34-32+. The number of ether oxygens (including phenoxy) is 10. The molecule has 0 saturated heterocycles. The second kappa shape index (κ2) is 43.0. The summed E-state index contributed by atoms with van der Waals surface area (Å²) in [7, 11) is 2.46. The van der Waals surface area contributed by atoms with Crippen LogP contribution in [0.25, 0.3) is 0 Å². The fourth-order valence-corrected chi connectivity index (χ4v) is 11.4. The minimum atomic E-state index is -0.730. The lowest BCUT2D eigenvalue weighted by Gasteiger charge is -2.25. The number of methoxy groups -OCH3 is 2. The highest BCUT2D eigenvalue weighted by atomic mass is 16.6. The van der Waals surface area contributed by atoms with Crippen molar-refractivity contribution in [2.24, 2.45) is 0 Å². The number of esters is 6. The van der Waals surface area contributed by atoms with Crippen molar-refractivity contribution in [2.45, 2.75) is 196 Å². The van der Waals surface area contributed by atoms with Gasteiger partial charge in [0.15, 0.2) is 0 Å². The lowest BCUT2D eigenvalue weighted by molar-refractivity contribution is -0.140. The van der Waals surface area contributed by atoms with E-state index < -0.39 is 35.8 Å². The Labute approximate surface area is 559 Å². The molecular weight excluding hydrogens is 1190 g/mol. The van der Waals surface area contributed by atoms with E-state index in [2.05, 4.69) is 89.4 Å². The first-order chi connectivity index (χ1) is 45.5. The highest BCUT2D eigenvalue weighted by Crippen LogP contribution is 2.42. The van der Waals surface area contributed by atoms with E-state index in [4.69, 9.17) is 47.4 Å². The van der Waals surface area contributed by atoms with Gasteiger partial charge in [0.1, 0.15) is 75.9 Å². The molecule has 5 rings (SSSR count). The van der Waals surface area contributed by atoms with E-state index in [9.17, 15) is 28.8 Å². The van der Waals surface area contributed by atoms with Gasteiger partial charge in [0.2, 0.25) is 0 Å². The maximum atomic E-state index is 13.0. The van der Waals surface area contributed by atoms with Crippen molar-refractivity contribution >= 4 is 35.8 Å². The number of carbonyl (C=O) groups is 6. The summed E-state index contributed by atoms with van der Waals surface area (Å²) in [4.78, 5) is 75.5. The minimum absolute atomic E-state index is 0.0309. The third-order valence-corrected chi connectivity index (χ3v) is 16.1. The Kier molecular flexibility index (Phi) is 35.0. The van der Waals surface area contributed by atoms with Crippen LogP contribution >= 0.6 is 0 Å². The Morgan fingerprint density at radius 2 is 0.553 bits per heavy atom. The first kappa shape index (κ1) is 76.6. The first-order valence-corrected chi connectivity index (χ1v) is 34.1. The molecule has 1 aliphatic rings. The predicted octanol–water partition coefficient (Wildman–Crippen LogP) is 15.2. The summed E-state index contributed by atoms with van der Waals surface area (Å²) in [6, 6.07) is 17.8. The fraction of sp³-hybridized carbons (Fsp3) is 0.513. The summed E-state index contributed by atoms with van der Waals surface area (Å²) in [5.41, 5.74) is 12.1. The quantitative estimate of drug-likeness (QED) is 0.0155. The third kappa shape index (κ3) is 27.1. The molecule has 0 atom stereocenters. The Bertz CT molecular complexity index is 2890. The summed E-state index contributed by atoms with van der Waals surface area (Å²) < 4.78 is 59.9. The molecule has 0 aliphatic heterocycles. The maximum absolute atomic E-state index is 13.0. The topological polar surface area (TPSA) is 195 Å². The van der Waals surface area contributed by atoms with E-state index in [-0.39, 0.29) is 64.0 Å². The molecule has 0 fully saturated rings. The third-order valence-electron chi connectivity index (χ3n) is 16.1. The van der Waals surface area contributed by atoms with Crippen LogP contribution in [0, 0.1) is 0 Å². The van der Waals surface area contributed by atoms with Gasteiger partial charge in [0.25, 0.3) is 0 Å². The van der Waals surface area contributed by atoms with Crippen LogP contribution < -0.4 is 18.9 Å². The van der Waals surface area contributed by atoms with Gasteiger partial charge in [-0.1, -0.05) is 166 Å². The van der Waals surface area contributed by atoms with Crippen LogP contribution in [0.15, 0.2) is 97.1 Å². The molecule has 0 radical (unpaired) electrons. The van der Waals surface area contributed by atoms with Gasteiger partial charge in [-0.2, -0.15) is 0 Å². The van der Waals surface area contributed by atoms with E-state index in [1.54, 1.807) is 13.8 Å². The van der Waals surface area contributed by atoms with Crippen LogP contribution in [0.4, 0.5) is 0 Å². The van der Waals surface area contributed by atoms with E-state index in [0.717, 1.165) is 219 Å². The molecule has 8 bridgehead atoms. The van der Waals surface area contributed by atoms with Gasteiger partial charge in [-0.15, -0.1) is 0 Å². The van der Waals surface area contributed by atoms with Crippen molar-refractivity contribution in [3.8, 4) is 23.0 Å². The highest BCUT2D eigenvalue weighted by Gasteiger charge is 2.26. The maximum Gasteiger partial charge on any atom is 0.333 e. The number of carbonyl (C=O) groups excluding carboxylic acids is 6. The zero-order valence-corrected chi connectivity index (χ0v) is 57.5. The number of fused-ring (bicyclic) bond motifs is 8. The summed E-state index contributed by atoms with van der Waals surface area (Å²) in [5.74, 6) is -1.43. The van der Waals surface area contributed by atoms with Gasteiger partial charge in [-0.25, -0.2) is 28.8 Å². The van der Waals surface area contributed by atoms with Crippen molar-refractivity contribution in [2.75, 3.05) is 67.1 Å². The minimum Gasteiger partial charge on any atom is -0.489 e. The SMILES string of the molecule is C=C(C)C(=O)OCCOc1c2cc(CCCCCC)cc1Cc1cc(CCCCCC)cc(c1OCCOC(=O)/C=C/C(=O)OC)Cc1cc(CCCCCC)cc(c1OCCOC(=O)C(=C)C)Cc1cc(CCCCCC)cc(c1OCCOC(=O)/C=C/C(=O)OC)C2. The lowest BCUT2D eigenvalue weighted by atomic mass is 9.87. The Balaban J connectivity index is 1.93. The Morgan fingerprint density at radius 1 is 0.330 bits per heavy atom. The van der Waals surface area contributed by atoms with Crippen molar-refractivity contribution in [3.05, 3.63) is 164 Å². The van der Waals surface area contributed by atoms with Crippen LogP contribution in [0.3, 0.4) is 0 Å². The average molecular weight is 1300 g/mol. The van der Waals surface area contributed by atoms with Gasteiger partial charge >= 0.3 is 35.8 Å². The molecule has 0 N–H and O–H groups in total. The van der Waals surface area contributed by atoms with Crippen LogP contribution in [0.5, 0.6) is 23.0 Å². The molecular formula is C78H104O16. The molecule has 0 heterocycles. The number of hydrogen-bond acceptors (Lipinski definition) is 16. The Hall–Kier alpha value is -8.14. The van der Waals surface area contributed by atoms with Crippen LogP contribution in [0.1, 0.15) is 211 Å². The van der Waals surface area contributed by atoms with Crippen molar-refractivity contribution in [3.63, 3.8) is 0 Å². The number of benzene rings is 4. The number of aryl methyl sites for hydroxylation is 4. The second-order valence-electron chi connectivity index (χ2n) is 24.2. The molecule has 1 aliphatic carbocycles. The first-order valence-electron chi connectivity index (χ1n) is 34.1. The lowest BCUT2D eigenvalue weighted by Crippen LogP contribution is -2.16. The van der Waals surface area contributed by atoms with E-state index >= 15 is 0 Å². The van der Waals surface area contributed by atoms with Crippen LogP contribution in [-0.4, -0.2) is 103 Å². The van der Waals surface area contributed by atoms with Gasteiger partial charge in [-0.05, 0) is 132 Å². The molecule has 4 aromatic rings.